The van der Waals surface area contributed by atoms with Gasteiger partial charge in [0, 0.05) is 6.54 Å². The molecule has 0 saturated carbocycles. The summed E-state index contributed by atoms with van der Waals surface area (Å²) < 4.78 is 0. The molecule has 0 bridgehead atoms. The fourth-order valence-corrected chi connectivity index (χ4v) is 1.49. The fourth-order valence-electron chi connectivity index (χ4n) is 1.49. The van der Waals surface area contributed by atoms with Gasteiger partial charge in [0.15, 0.2) is 0 Å². The average molecular weight is 239 g/mol. The maximum atomic E-state index is 11.4. The van der Waals surface area contributed by atoms with Gasteiger partial charge in [-0.05, 0) is 46.7 Å². The molecular weight excluding hydrogens is 214 g/mol. The summed E-state index contributed by atoms with van der Waals surface area (Å²) in [4.78, 5) is 13.4. The Bertz CT molecular complexity index is 268. The van der Waals surface area contributed by atoms with Crippen LogP contribution in [0, 0.1) is 16.7 Å². The molecule has 0 aromatic rings. The molecule has 0 aliphatic heterocycles. The van der Waals surface area contributed by atoms with E-state index in [1.165, 1.54) is 0 Å². The summed E-state index contributed by atoms with van der Waals surface area (Å²) in [5.41, 5.74) is -0.259. The molecule has 0 spiro atoms. The molecule has 1 N–H and O–H groups in total. The van der Waals surface area contributed by atoms with Crippen LogP contribution in [0.5, 0.6) is 0 Å². The van der Waals surface area contributed by atoms with Gasteiger partial charge in [-0.25, -0.2) is 0 Å². The van der Waals surface area contributed by atoms with E-state index in [0.29, 0.717) is 6.54 Å². The molecule has 4 heteroatoms. The van der Waals surface area contributed by atoms with E-state index in [-0.39, 0.29) is 11.3 Å². The van der Waals surface area contributed by atoms with Gasteiger partial charge in [-0.2, -0.15) is 5.26 Å². The lowest BCUT2D eigenvalue weighted by atomic mass is 9.90. The van der Waals surface area contributed by atoms with Gasteiger partial charge in [0.1, 0.15) is 0 Å². The second kappa shape index (κ2) is 8.08. The molecule has 0 aromatic heterocycles. The smallest absolute Gasteiger partial charge is 0.234 e. The first-order valence-electron chi connectivity index (χ1n) is 6.28. The molecule has 0 unspecified atom stereocenters. The number of likely N-dealkylation sites (N-methyl/N-ethyl adjacent to an activating group) is 1. The Morgan fingerprint density at radius 1 is 1.47 bits per heavy atom. The van der Waals surface area contributed by atoms with Gasteiger partial charge in [0.05, 0.1) is 18.0 Å². The van der Waals surface area contributed by atoms with Crippen LogP contribution in [0.1, 0.15) is 40.0 Å². The van der Waals surface area contributed by atoms with Crippen LogP contribution in [0.15, 0.2) is 0 Å². The Labute approximate surface area is 105 Å². The van der Waals surface area contributed by atoms with E-state index in [1.807, 2.05) is 32.7 Å². The van der Waals surface area contributed by atoms with Crippen LogP contribution in [0.25, 0.3) is 0 Å². The minimum atomic E-state index is -0.259. The van der Waals surface area contributed by atoms with E-state index in [0.717, 1.165) is 32.4 Å². The van der Waals surface area contributed by atoms with E-state index in [2.05, 4.69) is 11.4 Å². The predicted octanol–water partition coefficient (Wildman–Crippen LogP) is 1.77. The van der Waals surface area contributed by atoms with E-state index >= 15 is 0 Å². The van der Waals surface area contributed by atoms with Gasteiger partial charge >= 0.3 is 0 Å². The highest BCUT2D eigenvalue weighted by molar-refractivity contribution is 5.77. The van der Waals surface area contributed by atoms with Crippen molar-refractivity contribution in [1.82, 2.24) is 10.2 Å². The number of nitrogens with one attached hydrogen (secondary N) is 1. The third-order valence-electron chi connectivity index (χ3n) is 2.63. The summed E-state index contributed by atoms with van der Waals surface area (Å²) in [6, 6.07) is 2.29. The van der Waals surface area contributed by atoms with E-state index in [1.54, 1.807) is 0 Å². The van der Waals surface area contributed by atoms with Crippen LogP contribution in [0.3, 0.4) is 0 Å². The number of rotatable bonds is 8. The molecule has 98 valence electrons. The zero-order valence-electron chi connectivity index (χ0n) is 11.5. The normalized spacial score (nSPS) is 11.3. The van der Waals surface area contributed by atoms with Gasteiger partial charge in [-0.3, -0.25) is 9.69 Å². The zero-order valence-corrected chi connectivity index (χ0v) is 11.5. The van der Waals surface area contributed by atoms with Crippen molar-refractivity contribution in [3.8, 4) is 6.07 Å². The fraction of sp³-hybridized carbons (Fsp3) is 0.846. The van der Waals surface area contributed by atoms with Gasteiger partial charge in [0.2, 0.25) is 5.91 Å². The summed E-state index contributed by atoms with van der Waals surface area (Å²) in [6.45, 7) is 7.96. The van der Waals surface area contributed by atoms with Crippen molar-refractivity contribution >= 4 is 5.91 Å². The van der Waals surface area contributed by atoms with Crippen molar-refractivity contribution in [3.05, 3.63) is 0 Å². The Morgan fingerprint density at radius 3 is 2.65 bits per heavy atom. The van der Waals surface area contributed by atoms with Crippen LogP contribution in [-0.2, 0) is 4.79 Å². The Kier molecular flexibility index (Phi) is 7.56. The van der Waals surface area contributed by atoms with Crippen molar-refractivity contribution < 1.29 is 4.79 Å². The average Bonchev–Trinajstić information content (AvgIpc) is 2.26. The van der Waals surface area contributed by atoms with Crippen molar-refractivity contribution in [1.29, 1.82) is 5.26 Å². The molecule has 4 nitrogen and oxygen atoms in total. The SMILES string of the molecule is CCCNC(=O)CN(C)CCCC(C)(C)C#N. The van der Waals surface area contributed by atoms with Crippen LogP contribution in [-0.4, -0.2) is 37.5 Å². The van der Waals surface area contributed by atoms with Crippen molar-refractivity contribution in [3.63, 3.8) is 0 Å². The number of nitriles is 1. The Morgan fingerprint density at radius 2 is 2.12 bits per heavy atom. The summed E-state index contributed by atoms with van der Waals surface area (Å²) in [5, 5.41) is 11.7. The molecule has 0 aliphatic carbocycles. The maximum Gasteiger partial charge on any atom is 0.234 e. The molecule has 0 radical (unpaired) electrons. The second-order valence-corrected chi connectivity index (χ2v) is 5.19. The van der Waals surface area contributed by atoms with Crippen LogP contribution < -0.4 is 5.32 Å². The van der Waals surface area contributed by atoms with Crippen molar-refractivity contribution in [2.75, 3.05) is 26.7 Å². The topological polar surface area (TPSA) is 56.1 Å². The molecule has 0 saturated heterocycles. The van der Waals surface area contributed by atoms with Crippen LogP contribution >= 0.6 is 0 Å². The third kappa shape index (κ3) is 8.70. The van der Waals surface area contributed by atoms with Crippen LogP contribution in [0.2, 0.25) is 0 Å². The van der Waals surface area contributed by atoms with E-state index in [4.69, 9.17) is 5.26 Å². The van der Waals surface area contributed by atoms with Crippen molar-refractivity contribution in [2.45, 2.75) is 40.0 Å². The van der Waals surface area contributed by atoms with Gasteiger partial charge < -0.3 is 5.32 Å². The van der Waals surface area contributed by atoms with E-state index in [9.17, 15) is 4.79 Å². The van der Waals surface area contributed by atoms with E-state index < -0.39 is 0 Å². The molecule has 17 heavy (non-hydrogen) atoms. The number of carbonyl (C=O) groups excluding carboxylic acids is 1. The molecule has 1 amide bonds. The zero-order chi connectivity index (χ0) is 13.3. The molecule has 0 heterocycles. The summed E-state index contributed by atoms with van der Waals surface area (Å²) in [6.07, 6.45) is 2.77. The van der Waals surface area contributed by atoms with Gasteiger partial charge in [-0.15, -0.1) is 0 Å². The first-order valence-corrected chi connectivity index (χ1v) is 6.28. The van der Waals surface area contributed by atoms with Crippen molar-refractivity contribution in [2.24, 2.45) is 5.41 Å². The minimum Gasteiger partial charge on any atom is -0.355 e. The molecule has 0 aromatic carbocycles. The quantitative estimate of drug-likeness (QED) is 0.702. The van der Waals surface area contributed by atoms with Gasteiger partial charge in [-0.1, -0.05) is 6.92 Å². The maximum absolute atomic E-state index is 11.4. The third-order valence-corrected chi connectivity index (χ3v) is 2.63. The number of amides is 1. The highest BCUT2D eigenvalue weighted by atomic mass is 16.1. The first kappa shape index (κ1) is 15.9. The lowest BCUT2D eigenvalue weighted by molar-refractivity contribution is -0.121. The lowest BCUT2D eigenvalue weighted by Crippen LogP contribution is -2.36. The first-order chi connectivity index (χ1) is 7.91. The molecule has 0 aliphatic rings. The highest BCUT2D eigenvalue weighted by Gasteiger charge is 2.16. The Hall–Kier alpha value is -1.08. The Balaban J connectivity index is 3.70. The second-order valence-electron chi connectivity index (χ2n) is 5.19. The molecule has 0 rings (SSSR count). The highest BCUT2D eigenvalue weighted by Crippen LogP contribution is 2.20. The number of nitrogens with zero attached hydrogens (tertiary/aromatic N) is 2. The molecule has 0 atom stereocenters. The lowest BCUT2D eigenvalue weighted by Gasteiger charge is -2.19. The number of carbonyl (C=O) groups is 1. The van der Waals surface area contributed by atoms with Gasteiger partial charge in [0.25, 0.3) is 0 Å². The number of hydrogen-bond acceptors (Lipinski definition) is 3. The predicted molar refractivity (Wildman–Crippen MR) is 69.4 cm³/mol. The largest absolute Gasteiger partial charge is 0.355 e. The summed E-state index contributed by atoms with van der Waals surface area (Å²) in [7, 11) is 1.94. The molecule has 0 fully saturated rings. The minimum absolute atomic E-state index is 0.0777. The standard InChI is InChI=1S/C13H25N3O/c1-5-8-15-12(17)10-16(4)9-6-7-13(2,3)11-14/h5-10H2,1-4H3,(H,15,17). The monoisotopic (exact) mass is 239 g/mol. The summed E-state index contributed by atoms with van der Waals surface area (Å²) >= 11 is 0. The number of hydrogen-bond donors (Lipinski definition) is 1. The molecular formula is C13H25N3O. The summed E-state index contributed by atoms with van der Waals surface area (Å²) in [5.74, 6) is 0.0777. The van der Waals surface area contributed by atoms with Crippen LogP contribution in [0.4, 0.5) is 0 Å².